The first-order valence-electron chi connectivity index (χ1n) is 5.86. The first kappa shape index (κ1) is 14.3. The van der Waals surface area contributed by atoms with E-state index in [1.165, 1.54) is 0 Å². The summed E-state index contributed by atoms with van der Waals surface area (Å²) < 4.78 is 10.9. The largest absolute Gasteiger partial charge is 0.475 e. The van der Waals surface area contributed by atoms with E-state index < -0.39 is 0 Å². The molecule has 0 saturated heterocycles. The molecule has 96 valence electrons. The zero-order chi connectivity index (χ0) is 12.7. The Hall–Kier alpha value is -0.800. The molecular formula is C13H20ClNO2. The molecule has 0 saturated carbocycles. The van der Waals surface area contributed by atoms with Crippen LogP contribution in [0.2, 0.25) is 0 Å². The van der Waals surface area contributed by atoms with Crippen molar-refractivity contribution in [1.29, 1.82) is 0 Å². The van der Waals surface area contributed by atoms with Gasteiger partial charge in [0.2, 0.25) is 5.88 Å². The monoisotopic (exact) mass is 257 g/mol. The Morgan fingerprint density at radius 3 is 2.71 bits per heavy atom. The SMILES string of the molecule is Cc1cc(CCl)cc(OCCOCC(C)C)n1. The first-order chi connectivity index (χ1) is 8.11. The van der Waals surface area contributed by atoms with Crippen molar-refractivity contribution in [2.75, 3.05) is 19.8 Å². The van der Waals surface area contributed by atoms with Gasteiger partial charge in [-0.15, -0.1) is 11.6 Å². The Morgan fingerprint density at radius 2 is 2.06 bits per heavy atom. The fourth-order valence-electron chi connectivity index (χ4n) is 1.38. The van der Waals surface area contributed by atoms with E-state index >= 15 is 0 Å². The van der Waals surface area contributed by atoms with Crippen LogP contribution in [-0.4, -0.2) is 24.8 Å². The van der Waals surface area contributed by atoms with Crippen LogP contribution in [-0.2, 0) is 10.6 Å². The topological polar surface area (TPSA) is 31.4 Å². The Labute approximate surface area is 108 Å². The number of hydrogen-bond acceptors (Lipinski definition) is 3. The molecule has 1 heterocycles. The van der Waals surface area contributed by atoms with Gasteiger partial charge < -0.3 is 9.47 Å². The molecule has 3 nitrogen and oxygen atoms in total. The van der Waals surface area contributed by atoms with E-state index in [0.717, 1.165) is 17.9 Å². The molecule has 1 aromatic rings. The van der Waals surface area contributed by atoms with E-state index in [9.17, 15) is 0 Å². The second-order valence-electron chi connectivity index (χ2n) is 4.41. The Bertz CT molecular complexity index is 342. The summed E-state index contributed by atoms with van der Waals surface area (Å²) in [5, 5.41) is 0. The van der Waals surface area contributed by atoms with Crippen LogP contribution in [0.5, 0.6) is 5.88 Å². The van der Waals surface area contributed by atoms with Gasteiger partial charge in [-0.3, -0.25) is 0 Å². The maximum atomic E-state index is 5.78. The van der Waals surface area contributed by atoms with E-state index in [1.807, 2.05) is 19.1 Å². The van der Waals surface area contributed by atoms with Gasteiger partial charge in [-0.1, -0.05) is 13.8 Å². The highest BCUT2D eigenvalue weighted by molar-refractivity contribution is 6.17. The Morgan fingerprint density at radius 1 is 1.29 bits per heavy atom. The van der Waals surface area contributed by atoms with Crippen LogP contribution in [0, 0.1) is 12.8 Å². The standard InChI is InChI=1S/C13H20ClNO2/c1-10(2)9-16-4-5-17-13-7-12(8-14)6-11(3)15-13/h6-7,10H,4-5,8-9H2,1-3H3. The number of nitrogens with zero attached hydrogens (tertiary/aromatic N) is 1. The fraction of sp³-hybridized carbons (Fsp3) is 0.615. The molecule has 1 rings (SSSR count). The number of rotatable bonds is 7. The summed E-state index contributed by atoms with van der Waals surface area (Å²) in [4.78, 5) is 4.28. The van der Waals surface area contributed by atoms with Crippen molar-refractivity contribution < 1.29 is 9.47 Å². The summed E-state index contributed by atoms with van der Waals surface area (Å²) >= 11 is 5.78. The number of ether oxygens (including phenoxy) is 2. The van der Waals surface area contributed by atoms with Crippen molar-refractivity contribution in [3.05, 3.63) is 23.4 Å². The number of halogens is 1. The summed E-state index contributed by atoms with van der Waals surface area (Å²) in [6.45, 7) is 8.04. The fourth-order valence-corrected chi connectivity index (χ4v) is 1.54. The molecule has 0 aromatic carbocycles. The van der Waals surface area contributed by atoms with Crippen molar-refractivity contribution in [2.24, 2.45) is 5.92 Å². The van der Waals surface area contributed by atoms with Crippen LogP contribution in [0.3, 0.4) is 0 Å². The third-order valence-corrected chi connectivity index (χ3v) is 2.38. The van der Waals surface area contributed by atoms with Crippen LogP contribution in [0.4, 0.5) is 0 Å². The van der Waals surface area contributed by atoms with Gasteiger partial charge in [0.25, 0.3) is 0 Å². The molecule has 0 aliphatic rings. The second-order valence-corrected chi connectivity index (χ2v) is 4.67. The summed E-state index contributed by atoms with van der Waals surface area (Å²) in [5.41, 5.74) is 1.94. The molecule has 0 amide bonds. The minimum atomic E-state index is 0.476. The van der Waals surface area contributed by atoms with Crippen molar-refractivity contribution in [3.8, 4) is 5.88 Å². The second kappa shape index (κ2) is 7.51. The lowest BCUT2D eigenvalue weighted by Gasteiger charge is -2.09. The third-order valence-electron chi connectivity index (χ3n) is 2.07. The van der Waals surface area contributed by atoms with Crippen molar-refractivity contribution >= 4 is 11.6 Å². The summed E-state index contributed by atoms with van der Waals surface area (Å²) in [5.74, 6) is 1.65. The highest BCUT2D eigenvalue weighted by atomic mass is 35.5. The quantitative estimate of drug-likeness (QED) is 0.555. The number of aromatic nitrogens is 1. The van der Waals surface area contributed by atoms with Crippen LogP contribution in [0.1, 0.15) is 25.1 Å². The molecule has 1 aromatic heterocycles. The van der Waals surface area contributed by atoms with E-state index in [-0.39, 0.29) is 0 Å². The van der Waals surface area contributed by atoms with Crippen LogP contribution in [0.25, 0.3) is 0 Å². The minimum Gasteiger partial charge on any atom is -0.475 e. The van der Waals surface area contributed by atoms with Crippen LogP contribution >= 0.6 is 11.6 Å². The zero-order valence-electron chi connectivity index (χ0n) is 10.7. The average molecular weight is 258 g/mol. The smallest absolute Gasteiger partial charge is 0.213 e. The molecule has 0 radical (unpaired) electrons. The number of aryl methyl sites for hydroxylation is 1. The highest BCUT2D eigenvalue weighted by Gasteiger charge is 2.01. The molecule has 0 spiro atoms. The van der Waals surface area contributed by atoms with Crippen LogP contribution < -0.4 is 4.74 Å². The van der Waals surface area contributed by atoms with Gasteiger partial charge in [-0.25, -0.2) is 4.98 Å². The van der Waals surface area contributed by atoms with Crippen molar-refractivity contribution in [3.63, 3.8) is 0 Å². The van der Waals surface area contributed by atoms with Crippen LogP contribution in [0.15, 0.2) is 12.1 Å². The molecule has 0 atom stereocenters. The number of hydrogen-bond donors (Lipinski definition) is 0. The third kappa shape index (κ3) is 5.89. The lowest BCUT2D eigenvalue weighted by atomic mass is 10.2. The maximum Gasteiger partial charge on any atom is 0.213 e. The highest BCUT2D eigenvalue weighted by Crippen LogP contribution is 2.14. The lowest BCUT2D eigenvalue weighted by molar-refractivity contribution is 0.0805. The predicted molar refractivity (Wildman–Crippen MR) is 69.7 cm³/mol. The maximum absolute atomic E-state index is 5.78. The Kier molecular flexibility index (Phi) is 6.30. The molecule has 4 heteroatoms. The molecule has 0 unspecified atom stereocenters. The minimum absolute atomic E-state index is 0.476. The predicted octanol–water partition coefficient (Wildman–Crippen LogP) is 3.18. The molecule has 0 aliphatic carbocycles. The molecule has 0 N–H and O–H groups in total. The molecule has 0 fully saturated rings. The van der Waals surface area contributed by atoms with Crippen molar-refractivity contribution in [1.82, 2.24) is 4.98 Å². The van der Waals surface area contributed by atoms with E-state index in [2.05, 4.69) is 18.8 Å². The summed E-state index contributed by atoms with van der Waals surface area (Å²) in [6.07, 6.45) is 0. The van der Waals surface area contributed by atoms with Crippen molar-refractivity contribution in [2.45, 2.75) is 26.7 Å². The van der Waals surface area contributed by atoms with E-state index in [1.54, 1.807) is 0 Å². The zero-order valence-corrected chi connectivity index (χ0v) is 11.5. The van der Waals surface area contributed by atoms with Gasteiger partial charge in [0, 0.05) is 24.2 Å². The molecule has 0 aliphatic heterocycles. The normalized spacial score (nSPS) is 10.9. The summed E-state index contributed by atoms with van der Waals surface area (Å²) in [6, 6.07) is 3.82. The molecule has 0 bridgehead atoms. The van der Waals surface area contributed by atoms with E-state index in [0.29, 0.717) is 30.9 Å². The summed E-state index contributed by atoms with van der Waals surface area (Å²) in [7, 11) is 0. The van der Waals surface area contributed by atoms with Gasteiger partial charge in [0.05, 0.1) is 6.61 Å². The Balaban J connectivity index is 2.33. The van der Waals surface area contributed by atoms with Gasteiger partial charge in [0.1, 0.15) is 6.61 Å². The number of alkyl halides is 1. The van der Waals surface area contributed by atoms with Gasteiger partial charge in [-0.2, -0.15) is 0 Å². The van der Waals surface area contributed by atoms with Gasteiger partial charge in [0.15, 0.2) is 0 Å². The van der Waals surface area contributed by atoms with Gasteiger partial charge >= 0.3 is 0 Å². The average Bonchev–Trinajstić information content (AvgIpc) is 2.27. The molecular weight excluding hydrogens is 238 g/mol. The van der Waals surface area contributed by atoms with E-state index in [4.69, 9.17) is 21.1 Å². The first-order valence-corrected chi connectivity index (χ1v) is 6.39. The number of pyridine rings is 1. The lowest BCUT2D eigenvalue weighted by Crippen LogP contribution is -2.11. The molecule has 17 heavy (non-hydrogen) atoms. The van der Waals surface area contributed by atoms with Gasteiger partial charge in [-0.05, 0) is 24.5 Å².